The molecule has 0 saturated carbocycles. The quantitative estimate of drug-likeness (QED) is 0.761. The zero-order valence-corrected chi connectivity index (χ0v) is 15.0. The molecule has 1 fully saturated rings. The Hall–Kier alpha value is -2.13. The molecule has 25 heavy (non-hydrogen) atoms. The number of para-hydroxylation sites is 1. The van der Waals surface area contributed by atoms with Crippen molar-refractivity contribution in [2.24, 2.45) is 5.92 Å². The second-order valence-corrected chi connectivity index (χ2v) is 6.72. The van der Waals surface area contributed by atoms with Gasteiger partial charge in [0.25, 0.3) is 0 Å². The number of hydrogen-bond donors (Lipinski definition) is 0. The van der Waals surface area contributed by atoms with E-state index in [0.717, 1.165) is 43.8 Å². The fraction of sp³-hybridized carbons (Fsp3) is 0.409. The first kappa shape index (κ1) is 17.7. The van der Waals surface area contributed by atoms with Crippen molar-refractivity contribution in [3.8, 4) is 5.75 Å². The predicted molar refractivity (Wildman–Crippen MR) is 101 cm³/mol. The molecule has 0 radical (unpaired) electrons. The number of hydrogen-bond acceptors (Lipinski definition) is 3. The second kappa shape index (κ2) is 8.82. The van der Waals surface area contributed by atoms with Crippen LogP contribution in [0.25, 0.3) is 0 Å². The number of ether oxygens (including phenoxy) is 1. The van der Waals surface area contributed by atoms with E-state index in [9.17, 15) is 4.79 Å². The maximum absolute atomic E-state index is 12.7. The summed E-state index contributed by atoms with van der Waals surface area (Å²) in [5.74, 6) is 1.38. The number of benzene rings is 2. The number of likely N-dealkylation sites (tertiary alicyclic amines) is 1. The summed E-state index contributed by atoms with van der Waals surface area (Å²) in [4.78, 5) is 15.2. The van der Waals surface area contributed by atoms with Crippen molar-refractivity contribution in [1.82, 2.24) is 4.90 Å². The summed E-state index contributed by atoms with van der Waals surface area (Å²) in [7, 11) is 0. The molecule has 2 aromatic rings. The molecule has 3 heteroatoms. The third-order valence-electron chi connectivity index (χ3n) is 4.93. The zero-order chi connectivity index (χ0) is 17.5. The molecule has 0 unspecified atom stereocenters. The predicted octanol–water partition coefficient (Wildman–Crippen LogP) is 4.11. The van der Waals surface area contributed by atoms with E-state index >= 15 is 0 Å². The summed E-state index contributed by atoms with van der Waals surface area (Å²) in [6, 6.07) is 18.5. The Balaban J connectivity index is 1.52. The summed E-state index contributed by atoms with van der Waals surface area (Å²) >= 11 is 0. The van der Waals surface area contributed by atoms with Gasteiger partial charge in [-0.15, -0.1) is 0 Å². The van der Waals surface area contributed by atoms with Crippen molar-refractivity contribution >= 4 is 5.78 Å². The molecule has 1 aliphatic rings. The Bertz CT molecular complexity index is 675. The fourth-order valence-corrected chi connectivity index (χ4v) is 3.53. The van der Waals surface area contributed by atoms with Crippen LogP contribution in [0.1, 0.15) is 30.9 Å². The molecule has 132 valence electrons. The smallest absolute Gasteiger partial charge is 0.140 e. The van der Waals surface area contributed by atoms with Gasteiger partial charge in [0.1, 0.15) is 11.5 Å². The Kier molecular flexibility index (Phi) is 6.24. The second-order valence-electron chi connectivity index (χ2n) is 6.72. The molecule has 0 spiro atoms. The standard InChI is InChI=1S/C22H27NO2/c1-2-25-22-11-7-6-10-20(22)16-21(24)19-12-14-23(15-13-19)17-18-8-4-3-5-9-18/h3-11,19H,2,12-17H2,1H3. The summed E-state index contributed by atoms with van der Waals surface area (Å²) in [5, 5.41) is 0. The molecule has 2 aromatic carbocycles. The highest BCUT2D eigenvalue weighted by Crippen LogP contribution is 2.24. The van der Waals surface area contributed by atoms with Gasteiger partial charge in [0.05, 0.1) is 6.61 Å². The molecule has 1 heterocycles. The lowest BCUT2D eigenvalue weighted by atomic mass is 9.89. The van der Waals surface area contributed by atoms with E-state index in [0.29, 0.717) is 18.8 Å². The number of rotatable bonds is 7. The molecule has 0 bridgehead atoms. The maximum Gasteiger partial charge on any atom is 0.140 e. The first-order valence-electron chi connectivity index (χ1n) is 9.26. The molecule has 1 aliphatic heterocycles. The molecule has 3 nitrogen and oxygen atoms in total. The van der Waals surface area contributed by atoms with Crippen LogP contribution in [0.15, 0.2) is 54.6 Å². The van der Waals surface area contributed by atoms with Crippen molar-refractivity contribution in [2.45, 2.75) is 32.7 Å². The molecule has 1 saturated heterocycles. The number of carbonyl (C=O) groups excluding carboxylic acids is 1. The van der Waals surface area contributed by atoms with Gasteiger partial charge in [-0.05, 0) is 44.5 Å². The van der Waals surface area contributed by atoms with Gasteiger partial charge in [0.15, 0.2) is 0 Å². The lowest BCUT2D eigenvalue weighted by molar-refractivity contribution is -0.123. The number of ketones is 1. The average molecular weight is 337 g/mol. The van der Waals surface area contributed by atoms with Crippen molar-refractivity contribution < 1.29 is 9.53 Å². The van der Waals surface area contributed by atoms with Crippen LogP contribution >= 0.6 is 0 Å². The normalized spacial score (nSPS) is 15.9. The van der Waals surface area contributed by atoms with Crippen LogP contribution in [0.3, 0.4) is 0 Å². The number of nitrogens with zero attached hydrogens (tertiary/aromatic N) is 1. The van der Waals surface area contributed by atoms with Gasteiger partial charge in [-0.2, -0.15) is 0 Å². The minimum absolute atomic E-state index is 0.182. The average Bonchev–Trinajstić information content (AvgIpc) is 2.65. The molecular weight excluding hydrogens is 310 g/mol. The molecule has 0 aliphatic carbocycles. The maximum atomic E-state index is 12.7. The SMILES string of the molecule is CCOc1ccccc1CC(=O)C1CCN(Cc2ccccc2)CC1. The molecule has 0 aromatic heterocycles. The van der Waals surface area contributed by atoms with Crippen LogP contribution in [-0.2, 0) is 17.8 Å². The van der Waals surface area contributed by atoms with E-state index in [-0.39, 0.29) is 5.92 Å². The van der Waals surface area contributed by atoms with Crippen LogP contribution in [0, 0.1) is 5.92 Å². The van der Waals surface area contributed by atoms with Crippen LogP contribution < -0.4 is 4.74 Å². The zero-order valence-electron chi connectivity index (χ0n) is 15.0. The molecular formula is C22H27NO2. The summed E-state index contributed by atoms with van der Waals surface area (Å²) in [6.07, 6.45) is 2.41. The Labute approximate surface area is 150 Å². The molecule has 0 amide bonds. The first-order valence-corrected chi connectivity index (χ1v) is 9.26. The lowest BCUT2D eigenvalue weighted by Crippen LogP contribution is -2.36. The van der Waals surface area contributed by atoms with Crippen LogP contribution in [-0.4, -0.2) is 30.4 Å². The number of Topliss-reactive ketones (excluding diaryl/α,β-unsaturated/α-hetero) is 1. The van der Waals surface area contributed by atoms with Gasteiger partial charge in [0, 0.05) is 24.4 Å². The number of carbonyl (C=O) groups is 1. The van der Waals surface area contributed by atoms with Gasteiger partial charge in [-0.3, -0.25) is 9.69 Å². The van der Waals surface area contributed by atoms with E-state index in [2.05, 4.69) is 35.2 Å². The Morgan fingerprint density at radius 2 is 1.72 bits per heavy atom. The van der Waals surface area contributed by atoms with Gasteiger partial charge >= 0.3 is 0 Å². The third kappa shape index (κ3) is 4.93. The molecule has 3 rings (SSSR count). The van der Waals surface area contributed by atoms with Crippen molar-refractivity contribution in [3.63, 3.8) is 0 Å². The van der Waals surface area contributed by atoms with Crippen LogP contribution in [0.2, 0.25) is 0 Å². The van der Waals surface area contributed by atoms with Gasteiger partial charge in [-0.25, -0.2) is 0 Å². The largest absolute Gasteiger partial charge is 0.494 e. The van der Waals surface area contributed by atoms with E-state index < -0.39 is 0 Å². The van der Waals surface area contributed by atoms with Crippen LogP contribution in [0.5, 0.6) is 5.75 Å². The molecule has 0 N–H and O–H groups in total. The van der Waals surface area contributed by atoms with E-state index in [1.807, 2.05) is 31.2 Å². The van der Waals surface area contributed by atoms with Gasteiger partial charge in [0.2, 0.25) is 0 Å². The Morgan fingerprint density at radius 3 is 2.44 bits per heavy atom. The number of piperidine rings is 1. The van der Waals surface area contributed by atoms with E-state index in [1.165, 1.54) is 5.56 Å². The highest BCUT2D eigenvalue weighted by atomic mass is 16.5. The van der Waals surface area contributed by atoms with Crippen molar-refractivity contribution in [1.29, 1.82) is 0 Å². The van der Waals surface area contributed by atoms with Crippen molar-refractivity contribution in [2.75, 3.05) is 19.7 Å². The highest BCUT2D eigenvalue weighted by molar-refractivity contribution is 5.84. The monoisotopic (exact) mass is 337 g/mol. The van der Waals surface area contributed by atoms with E-state index in [4.69, 9.17) is 4.74 Å². The summed E-state index contributed by atoms with van der Waals surface area (Å²) in [5.41, 5.74) is 2.36. The van der Waals surface area contributed by atoms with Gasteiger partial charge in [-0.1, -0.05) is 48.5 Å². The lowest BCUT2D eigenvalue weighted by Gasteiger charge is -2.31. The summed E-state index contributed by atoms with van der Waals surface area (Å²) in [6.45, 7) is 5.58. The first-order chi connectivity index (χ1) is 12.3. The third-order valence-corrected chi connectivity index (χ3v) is 4.93. The Morgan fingerprint density at radius 1 is 1.04 bits per heavy atom. The fourth-order valence-electron chi connectivity index (χ4n) is 3.53. The van der Waals surface area contributed by atoms with Crippen molar-refractivity contribution in [3.05, 3.63) is 65.7 Å². The van der Waals surface area contributed by atoms with E-state index in [1.54, 1.807) is 0 Å². The topological polar surface area (TPSA) is 29.5 Å². The minimum atomic E-state index is 0.182. The van der Waals surface area contributed by atoms with Gasteiger partial charge < -0.3 is 4.74 Å². The molecule has 0 atom stereocenters. The minimum Gasteiger partial charge on any atom is -0.494 e. The van der Waals surface area contributed by atoms with Crippen LogP contribution in [0.4, 0.5) is 0 Å². The summed E-state index contributed by atoms with van der Waals surface area (Å²) < 4.78 is 5.65. The highest BCUT2D eigenvalue weighted by Gasteiger charge is 2.25.